The second kappa shape index (κ2) is 11.6. The lowest BCUT2D eigenvalue weighted by molar-refractivity contribution is 0.134. The number of halogens is 1. The van der Waals surface area contributed by atoms with Crippen LogP contribution >= 0.6 is 11.6 Å². The predicted molar refractivity (Wildman–Crippen MR) is 167 cm³/mol. The minimum Gasteiger partial charge on any atom is -0.286 e. The summed E-state index contributed by atoms with van der Waals surface area (Å²) in [5, 5.41) is 33.8. The van der Waals surface area contributed by atoms with Crippen LogP contribution in [0.1, 0.15) is 96.3 Å². The Morgan fingerprint density at radius 2 is 0.619 bits per heavy atom. The van der Waals surface area contributed by atoms with Crippen LogP contribution in [-0.4, -0.2) is 55.2 Å². The highest BCUT2D eigenvalue weighted by Crippen LogP contribution is 2.47. The SMILES string of the molecule is ClCC1CCCC2C3NC4NC(NC5NC(NC6NC(NC(N3)C12)C1CCCCC61)C1CCCCC51)C1CCCCC41. The van der Waals surface area contributed by atoms with Gasteiger partial charge in [-0.1, -0.05) is 44.9 Å². The van der Waals surface area contributed by atoms with E-state index in [4.69, 9.17) is 11.6 Å². The van der Waals surface area contributed by atoms with E-state index >= 15 is 0 Å². The molecule has 9 heteroatoms. The van der Waals surface area contributed by atoms with E-state index in [0.717, 1.165) is 23.6 Å². The average molecular weight is 601 g/mol. The Balaban J connectivity index is 1.06. The first kappa shape index (κ1) is 28.2. The molecule has 8 nitrogen and oxygen atoms in total. The van der Waals surface area contributed by atoms with Gasteiger partial charge in [-0.2, -0.15) is 0 Å². The lowest BCUT2D eigenvalue weighted by Gasteiger charge is -2.38. The van der Waals surface area contributed by atoms with Crippen LogP contribution in [0.3, 0.4) is 0 Å². The smallest absolute Gasteiger partial charge is 0.0631 e. The number of alkyl halides is 1. The van der Waals surface area contributed by atoms with Gasteiger partial charge in [0, 0.05) is 5.88 Å². The Bertz CT molecular complexity index is 968. The predicted octanol–water partition coefficient (Wildman–Crippen LogP) is 3.07. The zero-order valence-corrected chi connectivity index (χ0v) is 26.3. The van der Waals surface area contributed by atoms with Gasteiger partial charge in [0.05, 0.1) is 49.3 Å². The highest BCUT2D eigenvalue weighted by molar-refractivity contribution is 6.18. The Kier molecular flexibility index (Phi) is 7.82. The van der Waals surface area contributed by atoms with Crippen LogP contribution in [0.5, 0.6) is 0 Å². The Labute approximate surface area is 258 Å². The van der Waals surface area contributed by atoms with Crippen LogP contribution in [0.15, 0.2) is 0 Å². The molecule has 4 aliphatic carbocycles. The zero-order valence-electron chi connectivity index (χ0n) is 25.5. The van der Waals surface area contributed by atoms with Gasteiger partial charge in [-0.15, -0.1) is 11.6 Å². The standard InChI is InChI=1S/C33H57ClN8/c34-16-17-8-7-15-24-25(17)33-41-31-23-14-6-5-13-22(23)29(39-31)37-27-19-10-2-1-9-18(19)26(35-27)36-28-20-11-3-4-12-21(20)30(38-28)40-32(24)42-33/h17-33,35-42H,1-16H2. The summed E-state index contributed by atoms with van der Waals surface area (Å²) in [4.78, 5) is 0. The van der Waals surface area contributed by atoms with Gasteiger partial charge in [0.1, 0.15) is 0 Å². The van der Waals surface area contributed by atoms with Crippen LogP contribution in [-0.2, 0) is 0 Å². The molecule has 42 heavy (non-hydrogen) atoms. The Morgan fingerprint density at radius 1 is 0.333 bits per heavy atom. The van der Waals surface area contributed by atoms with Gasteiger partial charge in [-0.05, 0) is 105 Å². The van der Waals surface area contributed by atoms with Gasteiger partial charge in [0.2, 0.25) is 0 Å². The maximum Gasteiger partial charge on any atom is 0.0631 e. The molecule has 9 fully saturated rings. The Hall–Kier alpha value is -0.0300. The van der Waals surface area contributed by atoms with E-state index in [1.807, 2.05) is 0 Å². The van der Waals surface area contributed by atoms with Crippen molar-refractivity contribution in [3.63, 3.8) is 0 Å². The van der Waals surface area contributed by atoms with Crippen LogP contribution in [0, 0.1) is 53.3 Å². The summed E-state index contributed by atoms with van der Waals surface area (Å²) < 4.78 is 0. The van der Waals surface area contributed by atoms with E-state index in [2.05, 4.69) is 42.5 Å². The average Bonchev–Trinajstić information content (AvgIpc) is 3.76. The van der Waals surface area contributed by atoms with E-state index in [0.29, 0.717) is 84.8 Å². The van der Waals surface area contributed by atoms with Crippen molar-refractivity contribution in [2.45, 2.75) is 146 Å². The van der Waals surface area contributed by atoms with Crippen LogP contribution in [0.2, 0.25) is 0 Å². The van der Waals surface area contributed by atoms with Crippen LogP contribution in [0.25, 0.3) is 0 Å². The molecule has 17 unspecified atom stereocenters. The number of rotatable bonds is 1. The summed E-state index contributed by atoms with van der Waals surface area (Å²) in [6, 6.07) is 0. The first-order valence-corrected chi connectivity index (χ1v) is 18.9. The van der Waals surface area contributed by atoms with Crippen molar-refractivity contribution in [2.75, 3.05) is 5.88 Å². The summed E-state index contributed by atoms with van der Waals surface area (Å²) in [7, 11) is 0. The van der Waals surface area contributed by atoms with Gasteiger partial charge < -0.3 is 0 Å². The molecule has 0 amide bonds. The molecule has 0 aromatic carbocycles. The summed E-state index contributed by atoms with van der Waals surface area (Å²) in [5.74, 6) is 6.93. The molecule has 5 aliphatic heterocycles. The number of fused-ring (bicyclic) bond motifs is 20. The van der Waals surface area contributed by atoms with Crippen molar-refractivity contribution in [3.8, 4) is 0 Å². The van der Waals surface area contributed by atoms with Gasteiger partial charge in [0.25, 0.3) is 0 Å². The molecular formula is C33H57ClN8. The van der Waals surface area contributed by atoms with Crippen LogP contribution in [0.4, 0.5) is 0 Å². The fraction of sp³-hybridized carbons (Fsp3) is 1.00. The van der Waals surface area contributed by atoms with Crippen molar-refractivity contribution in [3.05, 3.63) is 0 Å². The molecular weight excluding hydrogens is 544 g/mol. The van der Waals surface area contributed by atoms with E-state index in [9.17, 15) is 0 Å². The minimum atomic E-state index is 0.317. The molecule has 4 saturated carbocycles. The molecule has 9 rings (SSSR count). The van der Waals surface area contributed by atoms with Crippen LogP contribution < -0.4 is 42.5 Å². The second-order valence-corrected chi connectivity index (χ2v) is 16.4. The highest BCUT2D eigenvalue weighted by atomic mass is 35.5. The molecule has 0 aromatic rings. The molecule has 0 aromatic heterocycles. The van der Waals surface area contributed by atoms with Gasteiger partial charge in [-0.25, -0.2) is 0 Å². The van der Waals surface area contributed by atoms with E-state index in [1.165, 1.54) is 96.3 Å². The Morgan fingerprint density at radius 3 is 0.952 bits per heavy atom. The van der Waals surface area contributed by atoms with Crippen molar-refractivity contribution in [2.24, 2.45) is 53.3 Å². The summed E-state index contributed by atoms with van der Waals surface area (Å²) >= 11 is 6.72. The quantitative estimate of drug-likeness (QED) is 0.218. The number of nitrogens with one attached hydrogen (secondary N) is 8. The monoisotopic (exact) mass is 600 g/mol. The molecule has 9 aliphatic rings. The second-order valence-electron chi connectivity index (χ2n) is 16.1. The van der Waals surface area contributed by atoms with E-state index < -0.39 is 0 Å². The molecule has 5 heterocycles. The topological polar surface area (TPSA) is 96.2 Å². The fourth-order valence-electron chi connectivity index (χ4n) is 12.4. The fourth-order valence-corrected chi connectivity index (χ4v) is 12.7. The lowest BCUT2D eigenvalue weighted by atomic mass is 9.72. The molecule has 8 N–H and O–H groups in total. The van der Waals surface area contributed by atoms with Gasteiger partial charge in [-0.3, -0.25) is 42.5 Å². The first-order valence-electron chi connectivity index (χ1n) is 18.4. The highest BCUT2D eigenvalue weighted by Gasteiger charge is 2.55. The largest absolute Gasteiger partial charge is 0.286 e. The maximum atomic E-state index is 6.72. The third-order valence-corrected chi connectivity index (χ3v) is 14.6. The zero-order chi connectivity index (χ0) is 27.8. The molecule has 0 spiro atoms. The third kappa shape index (κ3) is 4.76. The molecule has 5 saturated heterocycles. The molecule has 17 atom stereocenters. The van der Waals surface area contributed by atoms with Gasteiger partial charge in [0.15, 0.2) is 0 Å². The van der Waals surface area contributed by atoms with Gasteiger partial charge >= 0.3 is 0 Å². The number of hydrogen-bond donors (Lipinski definition) is 8. The summed E-state index contributed by atoms with van der Waals surface area (Å²) in [6.45, 7) is 0. The van der Waals surface area contributed by atoms with Crippen molar-refractivity contribution >= 4 is 11.6 Å². The number of hydrogen-bond acceptors (Lipinski definition) is 8. The van der Waals surface area contributed by atoms with Crippen molar-refractivity contribution < 1.29 is 0 Å². The molecule has 8 bridgehead atoms. The molecule has 236 valence electrons. The van der Waals surface area contributed by atoms with E-state index in [-0.39, 0.29) is 0 Å². The van der Waals surface area contributed by atoms with Crippen molar-refractivity contribution in [1.82, 2.24) is 42.5 Å². The lowest BCUT2D eigenvalue weighted by Crippen LogP contribution is -2.61. The van der Waals surface area contributed by atoms with E-state index in [1.54, 1.807) is 0 Å². The molecule has 0 radical (unpaired) electrons. The summed E-state index contributed by atoms with van der Waals surface area (Å²) in [5.41, 5.74) is 0. The third-order valence-electron chi connectivity index (χ3n) is 14.2. The first-order chi connectivity index (χ1) is 20.7. The maximum absolute atomic E-state index is 6.72. The van der Waals surface area contributed by atoms with Crippen molar-refractivity contribution in [1.29, 1.82) is 0 Å². The normalized spacial score (nSPS) is 57.2. The minimum absolute atomic E-state index is 0.317. The summed E-state index contributed by atoms with van der Waals surface area (Å²) in [6.07, 6.45) is 23.3.